The van der Waals surface area contributed by atoms with Crippen molar-refractivity contribution in [2.24, 2.45) is 0 Å². The fourth-order valence-corrected chi connectivity index (χ4v) is 2.48. The van der Waals surface area contributed by atoms with E-state index < -0.39 is 0 Å². The van der Waals surface area contributed by atoms with E-state index in [1.807, 2.05) is 0 Å². The fourth-order valence-electron chi connectivity index (χ4n) is 2.48. The topological polar surface area (TPSA) is 8.17 Å². The number of hydrogen-bond donors (Lipinski definition) is 0. The van der Waals surface area contributed by atoms with E-state index in [1.165, 1.54) is 21.8 Å². The molecule has 1 aromatic heterocycles. The lowest BCUT2D eigenvalue weighted by atomic mass is 10.2. The first-order chi connectivity index (χ1) is 9.27. The molecule has 3 aromatic rings. The molecule has 0 radical (unpaired) electrons. The van der Waals surface area contributed by atoms with Gasteiger partial charge in [-0.3, -0.25) is 0 Å². The average molecular weight is 250 g/mol. The van der Waals surface area contributed by atoms with Gasteiger partial charge in [-0.1, -0.05) is 42.5 Å². The molecule has 0 aliphatic rings. The van der Waals surface area contributed by atoms with Gasteiger partial charge in [0.25, 0.3) is 0 Å². The summed E-state index contributed by atoms with van der Waals surface area (Å²) in [6.45, 7) is 0.945. The molecule has 0 spiro atoms. The first-order valence-electron chi connectivity index (χ1n) is 6.56. The van der Waals surface area contributed by atoms with Crippen LogP contribution in [0.15, 0.2) is 54.6 Å². The highest BCUT2D eigenvalue weighted by atomic mass is 15.0. The zero-order valence-electron chi connectivity index (χ0n) is 11.4. The summed E-state index contributed by atoms with van der Waals surface area (Å²) in [6, 6.07) is 17.1. The largest absolute Gasteiger partial charge is 0.316 e. The number of likely N-dealkylation sites (N-methyl/N-ethyl adjacent to an activating group) is 1. The minimum atomic E-state index is 0.945. The van der Waals surface area contributed by atoms with E-state index in [4.69, 9.17) is 0 Å². The van der Waals surface area contributed by atoms with Gasteiger partial charge in [0.05, 0.1) is 11.0 Å². The predicted octanol–water partition coefficient (Wildman–Crippen LogP) is 3.83. The first-order valence-corrected chi connectivity index (χ1v) is 6.56. The van der Waals surface area contributed by atoms with Crippen molar-refractivity contribution < 1.29 is 0 Å². The summed E-state index contributed by atoms with van der Waals surface area (Å²) in [7, 11) is 4.16. The minimum Gasteiger partial charge on any atom is -0.316 e. The number of benzene rings is 2. The van der Waals surface area contributed by atoms with Gasteiger partial charge in [0.15, 0.2) is 0 Å². The number of para-hydroxylation sites is 2. The van der Waals surface area contributed by atoms with Crippen LogP contribution in [0.5, 0.6) is 0 Å². The maximum atomic E-state index is 2.27. The molecule has 0 fully saturated rings. The summed E-state index contributed by atoms with van der Waals surface area (Å²) >= 11 is 0. The van der Waals surface area contributed by atoms with Crippen molar-refractivity contribution in [3.63, 3.8) is 0 Å². The van der Waals surface area contributed by atoms with Gasteiger partial charge < -0.3 is 9.47 Å². The molecule has 0 unspecified atom stereocenters. The highest BCUT2D eigenvalue weighted by Gasteiger charge is 2.06. The molecule has 0 saturated carbocycles. The van der Waals surface area contributed by atoms with E-state index in [-0.39, 0.29) is 0 Å². The smallest absolute Gasteiger partial charge is 0.0534 e. The van der Waals surface area contributed by atoms with E-state index in [1.54, 1.807) is 0 Å². The number of nitrogens with zero attached hydrogens (tertiary/aromatic N) is 2. The van der Waals surface area contributed by atoms with Gasteiger partial charge >= 0.3 is 0 Å². The minimum absolute atomic E-state index is 0.945. The van der Waals surface area contributed by atoms with Crippen LogP contribution in [0.25, 0.3) is 28.0 Å². The molecule has 0 amide bonds. The van der Waals surface area contributed by atoms with Crippen molar-refractivity contribution in [2.75, 3.05) is 20.6 Å². The standard InChI is InChI=1S/C17H18N2/c1-18(2)12-7-13-19-16-10-5-3-8-14(16)15-9-4-6-11-17(15)19/h3-11,13H,12H2,1-2H3/b13-7+. The molecule has 0 atom stereocenters. The molecule has 0 aliphatic heterocycles. The van der Waals surface area contributed by atoms with Gasteiger partial charge in [-0.05, 0) is 26.2 Å². The van der Waals surface area contributed by atoms with Crippen molar-refractivity contribution in [2.45, 2.75) is 0 Å². The lowest BCUT2D eigenvalue weighted by Gasteiger charge is -2.05. The Hall–Kier alpha value is -2.06. The summed E-state index contributed by atoms with van der Waals surface area (Å²) < 4.78 is 2.27. The zero-order chi connectivity index (χ0) is 13.2. The molecule has 0 bridgehead atoms. The molecular formula is C17H18N2. The Bertz CT molecular complexity index is 682. The second-order valence-electron chi connectivity index (χ2n) is 5.05. The molecule has 19 heavy (non-hydrogen) atoms. The number of rotatable bonds is 3. The third kappa shape index (κ3) is 2.15. The molecule has 96 valence electrons. The molecular weight excluding hydrogens is 232 g/mol. The SMILES string of the molecule is CN(C)C/C=C/n1c2ccccc2c2ccccc21. The second kappa shape index (κ2) is 4.90. The molecule has 0 N–H and O–H groups in total. The fraction of sp³-hybridized carbons (Fsp3) is 0.176. The van der Waals surface area contributed by atoms with Crippen LogP contribution in [0, 0.1) is 0 Å². The van der Waals surface area contributed by atoms with Gasteiger partial charge in [0.2, 0.25) is 0 Å². The number of fused-ring (bicyclic) bond motifs is 3. The summed E-state index contributed by atoms with van der Waals surface area (Å²) in [5.41, 5.74) is 2.53. The van der Waals surface area contributed by atoms with Crippen LogP contribution in [0.4, 0.5) is 0 Å². The number of hydrogen-bond acceptors (Lipinski definition) is 1. The van der Waals surface area contributed by atoms with E-state index in [0.717, 1.165) is 6.54 Å². The Morgan fingerprint density at radius 1 is 0.895 bits per heavy atom. The van der Waals surface area contributed by atoms with Gasteiger partial charge in [0.1, 0.15) is 0 Å². The molecule has 2 nitrogen and oxygen atoms in total. The van der Waals surface area contributed by atoms with Crippen molar-refractivity contribution in [3.8, 4) is 0 Å². The summed E-state index contributed by atoms with van der Waals surface area (Å²) in [5.74, 6) is 0. The van der Waals surface area contributed by atoms with Crippen LogP contribution in [0.2, 0.25) is 0 Å². The summed E-state index contributed by atoms with van der Waals surface area (Å²) in [4.78, 5) is 2.16. The molecule has 2 aromatic carbocycles. The van der Waals surface area contributed by atoms with Crippen molar-refractivity contribution in [3.05, 3.63) is 54.6 Å². The Morgan fingerprint density at radius 2 is 1.42 bits per heavy atom. The van der Waals surface area contributed by atoms with E-state index in [2.05, 4.69) is 84.4 Å². The van der Waals surface area contributed by atoms with Gasteiger partial charge in [0, 0.05) is 23.5 Å². The van der Waals surface area contributed by atoms with Crippen molar-refractivity contribution >= 4 is 28.0 Å². The summed E-state index contributed by atoms with van der Waals surface area (Å²) in [6.07, 6.45) is 4.36. The van der Waals surface area contributed by atoms with Gasteiger partial charge in [-0.25, -0.2) is 0 Å². The zero-order valence-corrected chi connectivity index (χ0v) is 11.4. The third-order valence-electron chi connectivity index (χ3n) is 3.34. The third-order valence-corrected chi connectivity index (χ3v) is 3.34. The Labute approximate surface area is 113 Å². The van der Waals surface area contributed by atoms with Crippen LogP contribution in [-0.4, -0.2) is 30.1 Å². The Balaban J connectivity index is 2.22. The second-order valence-corrected chi connectivity index (χ2v) is 5.05. The molecule has 1 heterocycles. The van der Waals surface area contributed by atoms with Crippen molar-refractivity contribution in [1.82, 2.24) is 9.47 Å². The van der Waals surface area contributed by atoms with Crippen LogP contribution in [-0.2, 0) is 0 Å². The van der Waals surface area contributed by atoms with Gasteiger partial charge in [-0.2, -0.15) is 0 Å². The predicted molar refractivity (Wildman–Crippen MR) is 83.3 cm³/mol. The normalized spacial score (nSPS) is 12.2. The molecule has 0 aliphatic carbocycles. The molecule has 0 saturated heterocycles. The monoisotopic (exact) mass is 250 g/mol. The van der Waals surface area contributed by atoms with Crippen LogP contribution in [0.1, 0.15) is 0 Å². The Morgan fingerprint density at radius 3 is 1.95 bits per heavy atom. The van der Waals surface area contributed by atoms with Crippen LogP contribution >= 0.6 is 0 Å². The average Bonchev–Trinajstić information content (AvgIpc) is 2.74. The first kappa shape index (κ1) is 12.0. The quantitative estimate of drug-likeness (QED) is 0.686. The maximum absolute atomic E-state index is 2.27. The Kier molecular flexibility index (Phi) is 3.10. The lowest BCUT2D eigenvalue weighted by Crippen LogP contribution is -2.10. The highest BCUT2D eigenvalue weighted by molar-refractivity contribution is 6.09. The number of aromatic nitrogens is 1. The van der Waals surface area contributed by atoms with E-state index in [0.29, 0.717) is 0 Å². The highest BCUT2D eigenvalue weighted by Crippen LogP contribution is 2.28. The van der Waals surface area contributed by atoms with Crippen molar-refractivity contribution in [1.29, 1.82) is 0 Å². The maximum Gasteiger partial charge on any atom is 0.0534 e. The molecule has 2 heteroatoms. The van der Waals surface area contributed by atoms with E-state index in [9.17, 15) is 0 Å². The van der Waals surface area contributed by atoms with Crippen LogP contribution in [0.3, 0.4) is 0 Å². The van der Waals surface area contributed by atoms with E-state index >= 15 is 0 Å². The molecule has 3 rings (SSSR count). The lowest BCUT2D eigenvalue weighted by molar-refractivity contribution is 0.457. The van der Waals surface area contributed by atoms with Crippen LogP contribution < -0.4 is 0 Å². The van der Waals surface area contributed by atoms with Gasteiger partial charge in [-0.15, -0.1) is 0 Å². The summed E-state index contributed by atoms with van der Waals surface area (Å²) in [5, 5.41) is 2.63.